The molecule has 2 nitrogen and oxygen atoms in total. The van der Waals surface area contributed by atoms with Crippen molar-refractivity contribution in [2.75, 3.05) is 23.7 Å². The molecular weight excluding hydrogens is 203 g/mol. The molecule has 0 radical (unpaired) electrons. The molecule has 0 saturated carbocycles. The van der Waals surface area contributed by atoms with Gasteiger partial charge in [-0.05, 0) is 36.5 Å². The van der Waals surface area contributed by atoms with E-state index in [0.717, 1.165) is 25.2 Å². The number of rotatable bonds is 1. The highest BCUT2D eigenvalue weighted by molar-refractivity contribution is 5.67. The minimum atomic E-state index is -0.215. The van der Waals surface area contributed by atoms with Gasteiger partial charge in [-0.2, -0.15) is 0 Å². The predicted octanol–water partition coefficient (Wildman–Crippen LogP) is 3.03. The zero-order valence-electron chi connectivity index (χ0n) is 9.96. The van der Waals surface area contributed by atoms with Gasteiger partial charge in [0.2, 0.25) is 0 Å². The molecule has 0 amide bonds. The fraction of sp³-hybridized carbons (Fsp3) is 0.538. The second kappa shape index (κ2) is 3.96. The van der Waals surface area contributed by atoms with E-state index in [0.29, 0.717) is 5.69 Å². The monoisotopic (exact) mass is 222 g/mol. The second-order valence-corrected chi connectivity index (χ2v) is 5.39. The van der Waals surface area contributed by atoms with E-state index in [4.69, 9.17) is 5.73 Å². The maximum atomic E-state index is 13.2. The summed E-state index contributed by atoms with van der Waals surface area (Å²) < 4.78 is 13.2. The van der Waals surface area contributed by atoms with Gasteiger partial charge in [-0.1, -0.05) is 13.8 Å². The van der Waals surface area contributed by atoms with E-state index in [1.165, 1.54) is 18.6 Å². The molecule has 2 N–H and O–H groups in total. The number of halogens is 1. The molecule has 0 aromatic heterocycles. The lowest BCUT2D eigenvalue weighted by atomic mass is 9.84. The summed E-state index contributed by atoms with van der Waals surface area (Å²) in [6.45, 7) is 6.40. The Hall–Kier alpha value is -1.25. The summed E-state index contributed by atoms with van der Waals surface area (Å²) in [5, 5.41) is 0. The summed E-state index contributed by atoms with van der Waals surface area (Å²) in [7, 11) is 0. The van der Waals surface area contributed by atoms with Gasteiger partial charge in [-0.25, -0.2) is 4.39 Å². The first-order valence-electron chi connectivity index (χ1n) is 5.78. The Kier molecular flexibility index (Phi) is 2.78. The van der Waals surface area contributed by atoms with Gasteiger partial charge in [0.15, 0.2) is 0 Å². The van der Waals surface area contributed by atoms with E-state index in [-0.39, 0.29) is 11.2 Å². The van der Waals surface area contributed by atoms with Crippen LogP contribution in [0.2, 0.25) is 0 Å². The van der Waals surface area contributed by atoms with Gasteiger partial charge >= 0.3 is 0 Å². The summed E-state index contributed by atoms with van der Waals surface area (Å²) in [5.74, 6) is -0.215. The normalized spacial score (nSPS) is 19.8. The Morgan fingerprint density at radius 3 is 2.81 bits per heavy atom. The molecular formula is C13H19FN2. The highest BCUT2D eigenvalue weighted by atomic mass is 19.1. The van der Waals surface area contributed by atoms with Crippen molar-refractivity contribution >= 4 is 11.4 Å². The van der Waals surface area contributed by atoms with Crippen molar-refractivity contribution in [3.8, 4) is 0 Å². The van der Waals surface area contributed by atoms with Crippen molar-refractivity contribution in [1.82, 2.24) is 0 Å². The summed E-state index contributed by atoms with van der Waals surface area (Å²) in [4.78, 5) is 2.20. The fourth-order valence-electron chi connectivity index (χ4n) is 2.42. The van der Waals surface area contributed by atoms with Crippen LogP contribution in [0.25, 0.3) is 0 Å². The van der Waals surface area contributed by atoms with Crippen molar-refractivity contribution in [3.63, 3.8) is 0 Å². The molecule has 1 aromatic rings. The minimum Gasteiger partial charge on any atom is -0.397 e. The van der Waals surface area contributed by atoms with Crippen molar-refractivity contribution < 1.29 is 4.39 Å². The first kappa shape index (κ1) is 11.2. The molecule has 1 heterocycles. The van der Waals surface area contributed by atoms with Crippen molar-refractivity contribution in [2.24, 2.45) is 5.41 Å². The highest BCUT2D eigenvalue weighted by Crippen LogP contribution is 2.34. The van der Waals surface area contributed by atoms with Gasteiger partial charge in [-0.15, -0.1) is 0 Å². The molecule has 1 aliphatic rings. The van der Waals surface area contributed by atoms with Crippen LogP contribution in [0.4, 0.5) is 15.8 Å². The van der Waals surface area contributed by atoms with Crippen LogP contribution in [0.3, 0.4) is 0 Å². The van der Waals surface area contributed by atoms with Crippen LogP contribution in [0.1, 0.15) is 26.7 Å². The highest BCUT2D eigenvalue weighted by Gasteiger charge is 2.27. The maximum Gasteiger partial charge on any atom is 0.125 e. The van der Waals surface area contributed by atoms with Crippen LogP contribution in [0, 0.1) is 11.2 Å². The molecule has 0 atom stereocenters. The Balaban J connectivity index is 2.26. The number of hydrogen-bond acceptors (Lipinski definition) is 2. The van der Waals surface area contributed by atoms with Crippen LogP contribution in [-0.2, 0) is 0 Å². The lowest BCUT2D eigenvalue weighted by Crippen LogP contribution is -2.40. The van der Waals surface area contributed by atoms with Crippen LogP contribution in [-0.4, -0.2) is 13.1 Å². The number of piperidine rings is 1. The Morgan fingerprint density at radius 2 is 2.12 bits per heavy atom. The van der Waals surface area contributed by atoms with Gasteiger partial charge in [0.05, 0.1) is 11.4 Å². The first-order chi connectivity index (χ1) is 7.48. The predicted molar refractivity (Wildman–Crippen MR) is 66.0 cm³/mol. The Bertz CT molecular complexity index is 388. The molecule has 1 aromatic carbocycles. The molecule has 2 rings (SSSR count). The van der Waals surface area contributed by atoms with Gasteiger partial charge in [-0.3, -0.25) is 0 Å². The van der Waals surface area contributed by atoms with Crippen molar-refractivity contribution in [2.45, 2.75) is 26.7 Å². The summed E-state index contributed by atoms with van der Waals surface area (Å²) in [5.41, 5.74) is 7.70. The number of hydrogen-bond donors (Lipinski definition) is 1. The van der Waals surface area contributed by atoms with Gasteiger partial charge < -0.3 is 10.6 Å². The van der Waals surface area contributed by atoms with Crippen molar-refractivity contribution in [1.29, 1.82) is 0 Å². The average Bonchev–Trinajstić information content (AvgIpc) is 2.20. The third-order valence-corrected chi connectivity index (χ3v) is 3.23. The van der Waals surface area contributed by atoms with E-state index in [9.17, 15) is 4.39 Å². The first-order valence-corrected chi connectivity index (χ1v) is 5.78. The van der Waals surface area contributed by atoms with Crippen LogP contribution >= 0.6 is 0 Å². The number of nitrogen functional groups attached to an aromatic ring is 1. The number of benzene rings is 1. The summed E-state index contributed by atoms with van der Waals surface area (Å²) >= 11 is 0. The van der Waals surface area contributed by atoms with Crippen LogP contribution in [0.15, 0.2) is 18.2 Å². The molecule has 3 heteroatoms. The smallest absolute Gasteiger partial charge is 0.125 e. The molecule has 0 aliphatic carbocycles. The van der Waals surface area contributed by atoms with E-state index in [1.807, 2.05) is 0 Å². The standard InChI is InChI=1S/C13H19FN2/c1-13(2)6-3-7-16(9-13)12-8-10(14)4-5-11(12)15/h4-5,8H,3,6-7,9,15H2,1-2H3. The number of nitrogens with zero attached hydrogens (tertiary/aromatic N) is 1. The van der Waals surface area contributed by atoms with Crippen LogP contribution in [0.5, 0.6) is 0 Å². The number of nitrogens with two attached hydrogens (primary N) is 1. The Morgan fingerprint density at radius 1 is 1.38 bits per heavy atom. The quantitative estimate of drug-likeness (QED) is 0.740. The zero-order chi connectivity index (χ0) is 11.8. The molecule has 1 aliphatic heterocycles. The lowest BCUT2D eigenvalue weighted by molar-refractivity contribution is 0.293. The summed E-state index contributed by atoms with van der Waals surface area (Å²) in [6.07, 6.45) is 2.36. The fourth-order valence-corrected chi connectivity index (χ4v) is 2.42. The number of anilines is 2. The average molecular weight is 222 g/mol. The van der Waals surface area contributed by atoms with Crippen molar-refractivity contribution in [3.05, 3.63) is 24.0 Å². The molecule has 88 valence electrons. The van der Waals surface area contributed by atoms with Crippen LogP contribution < -0.4 is 10.6 Å². The largest absolute Gasteiger partial charge is 0.397 e. The third-order valence-electron chi connectivity index (χ3n) is 3.23. The second-order valence-electron chi connectivity index (χ2n) is 5.39. The minimum absolute atomic E-state index is 0.215. The molecule has 0 unspecified atom stereocenters. The molecule has 0 bridgehead atoms. The van der Waals surface area contributed by atoms with E-state index in [1.54, 1.807) is 6.07 Å². The maximum absolute atomic E-state index is 13.2. The molecule has 1 saturated heterocycles. The van der Waals surface area contributed by atoms with Gasteiger partial charge in [0.1, 0.15) is 5.82 Å². The van der Waals surface area contributed by atoms with E-state index < -0.39 is 0 Å². The van der Waals surface area contributed by atoms with Gasteiger partial charge in [0, 0.05) is 13.1 Å². The summed E-state index contributed by atoms with van der Waals surface area (Å²) in [6, 6.07) is 4.59. The molecule has 0 spiro atoms. The SMILES string of the molecule is CC1(C)CCCN(c2cc(F)ccc2N)C1. The lowest BCUT2D eigenvalue weighted by Gasteiger charge is -2.39. The molecule has 1 fully saturated rings. The van der Waals surface area contributed by atoms with E-state index in [2.05, 4.69) is 18.7 Å². The Labute approximate surface area is 96.2 Å². The van der Waals surface area contributed by atoms with E-state index >= 15 is 0 Å². The topological polar surface area (TPSA) is 29.3 Å². The molecule has 16 heavy (non-hydrogen) atoms. The zero-order valence-corrected chi connectivity index (χ0v) is 9.96. The van der Waals surface area contributed by atoms with Gasteiger partial charge in [0.25, 0.3) is 0 Å². The third kappa shape index (κ3) is 2.29.